The maximum absolute atomic E-state index is 9.17. The molecule has 1 heterocycles. The minimum absolute atomic E-state index is 0.0947. The van der Waals surface area contributed by atoms with Gasteiger partial charge in [0.05, 0.1) is 6.61 Å². The normalized spacial score (nSPS) is 16.5. The van der Waals surface area contributed by atoms with Crippen molar-refractivity contribution in [2.24, 2.45) is 5.92 Å². The first-order valence-corrected chi connectivity index (χ1v) is 6.27. The Kier molecular flexibility index (Phi) is 4.02. The second kappa shape index (κ2) is 5.52. The summed E-state index contributed by atoms with van der Waals surface area (Å²) in [5.74, 6) is 1.63. The van der Waals surface area contributed by atoms with Crippen LogP contribution in [-0.2, 0) is 13.2 Å². The lowest BCUT2D eigenvalue weighted by molar-refractivity contribution is 0.207. The third kappa shape index (κ3) is 3.20. The molecular formula is C14H21NO2. The van der Waals surface area contributed by atoms with Gasteiger partial charge in [0.1, 0.15) is 12.4 Å². The Morgan fingerprint density at radius 1 is 1.41 bits per heavy atom. The number of hydrogen-bond acceptors (Lipinski definition) is 3. The summed E-state index contributed by atoms with van der Waals surface area (Å²) >= 11 is 0. The van der Waals surface area contributed by atoms with Crippen LogP contribution in [0.2, 0.25) is 0 Å². The van der Waals surface area contributed by atoms with E-state index in [9.17, 15) is 0 Å². The molecule has 0 atom stereocenters. The van der Waals surface area contributed by atoms with E-state index in [2.05, 4.69) is 18.7 Å². The van der Waals surface area contributed by atoms with E-state index < -0.39 is 0 Å². The van der Waals surface area contributed by atoms with Crippen LogP contribution in [0.3, 0.4) is 0 Å². The Morgan fingerprint density at radius 2 is 2.24 bits per heavy atom. The van der Waals surface area contributed by atoms with Gasteiger partial charge in [-0.05, 0) is 23.6 Å². The van der Waals surface area contributed by atoms with E-state index in [0.717, 1.165) is 37.6 Å². The van der Waals surface area contributed by atoms with Crippen molar-refractivity contribution in [3.63, 3.8) is 0 Å². The lowest BCUT2D eigenvalue weighted by Gasteiger charge is -2.21. The van der Waals surface area contributed by atoms with Gasteiger partial charge in [-0.1, -0.05) is 19.9 Å². The van der Waals surface area contributed by atoms with Gasteiger partial charge in [0.2, 0.25) is 0 Å². The molecule has 0 unspecified atom stereocenters. The fourth-order valence-corrected chi connectivity index (χ4v) is 2.27. The topological polar surface area (TPSA) is 32.7 Å². The Hall–Kier alpha value is -1.06. The van der Waals surface area contributed by atoms with Crippen molar-refractivity contribution >= 4 is 0 Å². The summed E-state index contributed by atoms with van der Waals surface area (Å²) in [5, 5.41) is 9.17. The molecule has 1 aliphatic rings. The summed E-state index contributed by atoms with van der Waals surface area (Å²) in [4.78, 5) is 2.41. The molecule has 1 N–H and O–H groups in total. The molecular weight excluding hydrogens is 214 g/mol. The van der Waals surface area contributed by atoms with Crippen LogP contribution in [-0.4, -0.2) is 29.7 Å². The van der Waals surface area contributed by atoms with Crippen LogP contribution in [0.5, 0.6) is 5.75 Å². The van der Waals surface area contributed by atoms with Gasteiger partial charge in [-0.2, -0.15) is 0 Å². The Morgan fingerprint density at radius 3 is 2.94 bits per heavy atom. The zero-order chi connectivity index (χ0) is 12.3. The van der Waals surface area contributed by atoms with Crippen LogP contribution in [0.1, 0.15) is 25.0 Å². The zero-order valence-electron chi connectivity index (χ0n) is 10.6. The Labute approximate surface area is 103 Å². The summed E-state index contributed by atoms with van der Waals surface area (Å²) in [5.41, 5.74) is 2.15. The van der Waals surface area contributed by atoms with Crippen LogP contribution in [0, 0.1) is 5.92 Å². The predicted octanol–water partition coefficient (Wildman–Crippen LogP) is 2.03. The SMILES string of the molecule is CC(C)CN1CCOc2ccc(CO)cc2C1. The number of ether oxygens (including phenoxy) is 1. The molecule has 0 amide bonds. The molecule has 17 heavy (non-hydrogen) atoms. The van der Waals surface area contributed by atoms with Gasteiger partial charge in [0.15, 0.2) is 0 Å². The molecule has 3 nitrogen and oxygen atoms in total. The van der Waals surface area contributed by atoms with Gasteiger partial charge >= 0.3 is 0 Å². The van der Waals surface area contributed by atoms with E-state index in [1.54, 1.807) is 0 Å². The van der Waals surface area contributed by atoms with Crippen molar-refractivity contribution in [1.82, 2.24) is 4.90 Å². The van der Waals surface area contributed by atoms with Gasteiger partial charge in [0, 0.05) is 25.2 Å². The van der Waals surface area contributed by atoms with Crippen molar-refractivity contribution in [3.8, 4) is 5.75 Å². The number of fused-ring (bicyclic) bond motifs is 1. The van der Waals surface area contributed by atoms with E-state index in [0.29, 0.717) is 5.92 Å². The average Bonchev–Trinajstić information content (AvgIpc) is 2.48. The van der Waals surface area contributed by atoms with Crippen molar-refractivity contribution in [1.29, 1.82) is 0 Å². The van der Waals surface area contributed by atoms with Gasteiger partial charge in [-0.3, -0.25) is 4.90 Å². The molecule has 1 aromatic carbocycles. The van der Waals surface area contributed by atoms with Gasteiger partial charge in [-0.25, -0.2) is 0 Å². The van der Waals surface area contributed by atoms with Gasteiger partial charge in [0.25, 0.3) is 0 Å². The fourth-order valence-electron chi connectivity index (χ4n) is 2.27. The minimum Gasteiger partial charge on any atom is -0.492 e. The predicted molar refractivity (Wildman–Crippen MR) is 68.0 cm³/mol. The Bertz CT molecular complexity index is 376. The number of aliphatic hydroxyl groups is 1. The molecule has 0 saturated heterocycles. The third-order valence-corrected chi connectivity index (χ3v) is 2.99. The highest BCUT2D eigenvalue weighted by atomic mass is 16.5. The second-order valence-electron chi connectivity index (χ2n) is 5.08. The molecule has 1 aliphatic heterocycles. The van der Waals surface area contributed by atoms with Crippen molar-refractivity contribution < 1.29 is 9.84 Å². The van der Waals surface area contributed by atoms with Crippen LogP contribution < -0.4 is 4.74 Å². The average molecular weight is 235 g/mol. The molecule has 3 heteroatoms. The monoisotopic (exact) mass is 235 g/mol. The number of rotatable bonds is 3. The highest BCUT2D eigenvalue weighted by Gasteiger charge is 2.16. The van der Waals surface area contributed by atoms with E-state index in [4.69, 9.17) is 9.84 Å². The highest BCUT2D eigenvalue weighted by molar-refractivity contribution is 5.37. The molecule has 94 valence electrons. The lowest BCUT2D eigenvalue weighted by Crippen LogP contribution is -2.29. The molecule has 0 saturated carbocycles. The molecule has 0 fully saturated rings. The van der Waals surface area contributed by atoms with E-state index in [1.165, 1.54) is 5.56 Å². The number of benzene rings is 1. The summed E-state index contributed by atoms with van der Waals surface area (Å²) < 4.78 is 5.74. The number of nitrogens with zero attached hydrogens (tertiary/aromatic N) is 1. The molecule has 0 bridgehead atoms. The van der Waals surface area contributed by atoms with Crippen molar-refractivity contribution in [2.75, 3.05) is 19.7 Å². The Balaban J connectivity index is 2.16. The molecule has 0 aromatic heterocycles. The van der Waals surface area contributed by atoms with Gasteiger partial charge < -0.3 is 9.84 Å². The minimum atomic E-state index is 0.0947. The van der Waals surface area contributed by atoms with Crippen LogP contribution in [0.25, 0.3) is 0 Å². The van der Waals surface area contributed by atoms with E-state index in [1.807, 2.05) is 18.2 Å². The first-order valence-electron chi connectivity index (χ1n) is 6.27. The van der Waals surface area contributed by atoms with Crippen molar-refractivity contribution in [2.45, 2.75) is 27.0 Å². The van der Waals surface area contributed by atoms with Crippen LogP contribution in [0.4, 0.5) is 0 Å². The molecule has 0 aliphatic carbocycles. The highest BCUT2D eigenvalue weighted by Crippen LogP contribution is 2.24. The van der Waals surface area contributed by atoms with E-state index in [-0.39, 0.29) is 6.61 Å². The lowest BCUT2D eigenvalue weighted by atomic mass is 10.1. The molecule has 1 aromatic rings. The maximum atomic E-state index is 9.17. The van der Waals surface area contributed by atoms with Crippen molar-refractivity contribution in [3.05, 3.63) is 29.3 Å². The van der Waals surface area contributed by atoms with Crippen LogP contribution >= 0.6 is 0 Å². The largest absolute Gasteiger partial charge is 0.492 e. The number of hydrogen-bond donors (Lipinski definition) is 1. The maximum Gasteiger partial charge on any atom is 0.123 e. The smallest absolute Gasteiger partial charge is 0.123 e. The van der Waals surface area contributed by atoms with Crippen LogP contribution in [0.15, 0.2) is 18.2 Å². The fraction of sp³-hybridized carbons (Fsp3) is 0.571. The standard InChI is InChI=1S/C14H21NO2/c1-11(2)8-15-5-6-17-14-4-3-12(10-16)7-13(14)9-15/h3-4,7,11,16H,5-6,8-10H2,1-2H3. The molecule has 2 rings (SSSR count). The van der Waals surface area contributed by atoms with Gasteiger partial charge in [-0.15, -0.1) is 0 Å². The summed E-state index contributed by atoms with van der Waals surface area (Å²) in [6, 6.07) is 5.95. The number of aliphatic hydroxyl groups excluding tert-OH is 1. The summed E-state index contributed by atoms with van der Waals surface area (Å²) in [6.45, 7) is 8.29. The summed E-state index contributed by atoms with van der Waals surface area (Å²) in [6.07, 6.45) is 0. The zero-order valence-corrected chi connectivity index (χ0v) is 10.6. The first kappa shape index (κ1) is 12.4. The summed E-state index contributed by atoms with van der Waals surface area (Å²) in [7, 11) is 0. The quantitative estimate of drug-likeness (QED) is 0.870. The second-order valence-corrected chi connectivity index (χ2v) is 5.08. The first-order chi connectivity index (χ1) is 8.19. The molecule has 0 spiro atoms. The third-order valence-electron chi connectivity index (χ3n) is 2.99. The van der Waals surface area contributed by atoms with E-state index >= 15 is 0 Å². The molecule has 0 radical (unpaired) electrons.